The molecule has 1 unspecified atom stereocenters. The standard InChI is InChI=1S/C15H21FN2O2/c1-11(13-6-5-12(16)9-14(13)19)17(2)10-15(20)18-7-3-4-8-18/h5-6,9,11,19H,3-4,7-8,10H2,1-2H3. The van der Waals surface area contributed by atoms with Gasteiger partial charge in [0.2, 0.25) is 5.91 Å². The largest absolute Gasteiger partial charge is 0.508 e. The second-order valence-electron chi connectivity index (χ2n) is 5.38. The van der Waals surface area contributed by atoms with Crippen LogP contribution < -0.4 is 0 Å². The number of benzene rings is 1. The van der Waals surface area contributed by atoms with E-state index in [1.54, 1.807) is 6.07 Å². The summed E-state index contributed by atoms with van der Waals surface area (Å²) in [6, 6.07) is 3.83. The lowest BCUT2D eigenvalue weighted by atomic mass is 10.1. The molecule has 1 N–H and O–H groups in total. The van der Waals surface area contributed by atoms with Crippen LogP contribution in [0.4, 0.5) is 4.39 Å². The molecule has 20 heavy (non-hydrogen) atoms. The van der Waals surface area contributed by atoms with Crippen LogP contribution in [0, 0.1) is 5.82 Å². The molecular weight excluding hydrogens is 259 g/mol. The van der Waals surface area contributed by atoms with Gasteiger partial charge in [0.15, 0.2) is 0 Å². The fourth-order valence-corrected chi connectivity index (χ4v) is 2.52. The molecule has 1 aliphatic rings. The van der Waals surface area contributed by atoms with Gasteiger partial charge >= 0.3 is 0 Å². The van der Waals surface area contributed by atoms with Gasteiger partial charge in [0.05, 0.1) is 6.54 Å². The molecule has 0 saturated carbocycles. The summed E-state index contributed by atoms with van der Waals surface area (Å²) in [5.41, 5.74) is 0.628. The number of halogens is 1. The van der Waals surface area contributed by atoms with Crippen LogP contribution in [0.3, 0.4) is 0 Å². The highest BCUT2D eigenvalue weighted by Gasteiger charge is 2.22. The van der Waals surface area contributed by atoms with Crippen LogP contribution in [-0.2, 0) is 4.79 Å². The molecule has 1 amide bonds. The molecule has 0 aliphatic carbocycles. The maximum Gasteiger partial charge on any atom is 0.236 e. The van der Waals surface area contributed by atoms with E-state index in [9.17, 15) is 14.3 Å². The minimum absolute atomic E-state index is 0.0713. The second-order valence-corrected chi connectivity index (χ2v) is 5.38. The highest BCUT2D eigenvalue weighted by atomic mass is 19.1. The topological polar surface area (TPSA) is 43.8 Å². The summed E-state index contributed by atoms with van der Waals surface area (Å²) in [5.74, 6) is -0.425. The zero-order chi connectivity index (χ0) is 14.7. The van der Waals surface area contributed by atoms with Crippen molar-refractivity contribution in [3.05, 3.63) is 29.6 Å². The number of phenolic OH excluding ortho intramolecular Hbond substituents is 1. The molecule has 4 nitrogen and oxygen atoms in total. The SMILES string of the molecule is CC(c1ccc(F)cc1O)N(C)CC(=O)N1CCCC1. The summed E-state index contributed by atoms with van der Waals surface area (Å²) in [6.45, 7) is 3.87. The number of likely N-dealkylation sites (tertiary alicyclic amines) is 1. The minimum atomic E-state index is -0.464. The molecule has 0 aromatic heterocycles. The van der Waals surface area contributed by atoms with Gasteiger partial charge in [-0.05, 0) is 32.9 Å². The summed E-state index contributed by atoms with van der Waals surface area (Å²) in [6.07, 6.45) is 2.15. The maximum absolute atomic E-state index is 13.0. The van der Waals surface area contributed by atoms with Crippen LogP contribution in [0.1, 0.15) is 31.4 Å². The van der Waals surface area contributed by atoms with Crippen molar-refractivity contribution in [3.8, 4) is 5.75 Å². The highest BCUT2D eigenvalue weighted by Crippen LogP contribution is 2.28. The van der Waals surface area contributed by atoms with E-state index in [0.29, 0.717) is 12.1 Å². The monoisotopic (exact) mass is 280 g/mol. The van der Waals surface area contributed by atoms with Crippen LogP contribution in [0.2, 0.25) is 0 Å². The number of aromatic hydroxyl groups is 1. The van der Waals surface area contributed by atoms with E-state index >= 15 is 0 Å². The summed E-state index contributed by atoms with van der Waals surface area (Å²) in [7, 11) is 1.83. The third kappa shape index (κ3) is 3.28. The number of phenols is 1. The Labute approximate surface area is 118 Å². The molecule has 1 aromatic carbocycles. The van der Waals surface area contributed by atoms with Crippen LogP contribution in [0.5, 0.6) is 5.75 Å². The molecule has 110 valence electrons. The van der Waals surface area contributed by atoms with Crippen LogP contribution in [0.25, 0.3) is 0 Å². The van der Waals surface area contributed by atoms with Gasteiger partial charge in [-0.2, -0.15) is 0 Å². The summed E-state index contributed by atoms with van der Waals surface area (Å²) in [5, 5.41) is 9.79. The Balaban J connectivity index is 2.00. The highest BCUT2D eigenvalue weighted by molar-refractivity contribution is 5.78. The average molecular weight is 280 g/mol. The number of nitrogens with zero attached hydrogens (tertiary/aromatic N) is 2. The predicted molar refractivity (Wildman–Crippen MR) is 74.9 cm³/mol. The van der Waals surface area contributed by atoms with Gasteiger partial charge in [0.25, 0.3) is 0 Å². The molecule has 1 heterocycles. The first kappa shape index (κ1) is 14.8. The van der Waals surface area contributed by atoms with Gasteiger partial charge < -0.3 is 10.0 Å². The number of rotatable bonds is 4. The molecule has 1 aromatic rings. The van der Waals surface area contributed by atoms with Crippen molar-refractivity contribution >= 4 is 5.91 Å². The minimum Gasteiger partial charge on any atom is -0.508 e. The predicted octanol–water partition coefficient (Wildman–Crippen LogP) is 2.15. The zero-order valence-electron chi connectivity index (χ0n) is 12.0. The van der Waals surface area contributed by atoms with Gasteiger partial charge in [0.1, 0.15) is 11.6 Å². The van der Waals surface area contributed by atoms with Gasteiger partial charge in [-0.1, -0.05) is 6.07 Å². The Kier molecular flexibility index (Phi) is 4.60. The molecule has 1 aliphatic heterocycles. The van der Waals surface area contributed by atoms with Crippen LogP contribution in [0.15, 0.2) is 18.2 Å². The molecule has 0 radical (unpaired) electrons. The van der Waals surface area contributed by atoms with Gasteiger partial charge in [-0.3, -0.25) is 9.69 Å². The van der Waals surface area contributed by atoms with Gasteiger partial charge in [0, 0.05) is 30.8 Å². The fraction of sp³-hybridized carbons (Fsp3) is 0.533. The Hall–Kier alpha value is -1.62. The van der Waals surface area contributed by atoms with E-state index in [-0.39, 0.29) is 17.7 Å². The quantitative estimate of drug-likeness (QED) is 0.919. The number of hydrogen-bond acceptors (Lipinski definition) is 3. The molecule has 0 bridgehead atoms. The van der Waals surface area contributed by atoms with Crippen molar-refractivity contribution in [3.63, 3.8) is 0 Å². The molecule has 1 saturated heterocycles. The first-order valence-corrected chi connectivity index (χ1v) is 6.95. The van der Waals surface area contributed by atoms with Gasteiger partial charge in [-0.15, -0.1) is 0 Å². The molecule has 2 rings (SSSR count). The van der Waals surface area contributed by atoms with Crippen molar-refractivity contribution in [1.82, 2.24) is 9.80 Å². The lowest BCUT2D eigenvalue weighted by molar-refractivity contribution is -0.131. The number of carbonyl (C=O) groups excluding carboxylic acids is 1. The van der Waals surface area contributed by atoms with E-state index in [4.69, 9.17) is 0 Å². The lowest BCUT2D eigenvalue weighted by Crippen LogP contribution is -2.38. The van der Waals surface area contributed by atoms with Gasteiger partial charge in [-0.25, -0.2) is 4.39 Å². The zero-order valence-corrected chi connectivity index (χ0v) is 12.0. The summed E-state index contributed by atoms with van der Waals surface area (Å²) in [4.78, 5) is 15.8. The average Bonchev–Trinajstić information content (AvgIpc) is 2.91. The number of amides is 1. The Bertz CT molecular complexity index is 487. The lowest BCUT2D eigenvalue weighted by Gasteiger charge is -2.27. The van der Waals surface area contributed by atoms with Crippen molar-refractivity contribution < 1.29 is 14.3 Å². The maximum atomic E-state index is 13.0. The summed E-state index contributed by atoms with van der Waals surface area (Å²) >= 11 is 0. The van der Waals surface area contributed by atoms with E-state index in [1.165, 1.54) is 6.07 Å². The molecule has 5 heteroatoms. The van der Waals surface area contributed by atoms with E-state index in [2.05, 4.69) is 0 Å². The van der Waals surface area contributed by atoms with E-state index in [1.807, 2.05) is 23.8 Å². The Morgan fingerprint density at radius 1 is 1.45 bits per heavy atom. The molecule has 0 spiro atoms. The van der Waals surface area contributed by atoms with Crippen molar-refractivity contribution in [2.45, 2.75) is 25.8 Å². The first-order chi connectivity index (χ1) is 9.49. The normalized spacial score (nSPS) is 16.7. The third-order valence-electron chi connectivity index (χ3n) is 3.95. The van der Waals surface area contributed by atoms with Crippen LogP contribution in [-0.4, -0.2) is 47.5 Å². The van der Waals surface area contributed by atoms with Crippen molar-refractivity contribution in [2.75, 3.05) is 26.7 Å². The first-order valence-electron chi connectivity index (χ1n) is 6.95. The second kappa shape index (κ2) is 6.22. The smallest absolute Gasteiger partial charge is 0.236 e. The molecule has 1 fully saturated rings. The molecular formula is C15H21FN2O2. The Morgan fingerprint density at radius 3 is 2.70 bits per heavy atom. The molecule has 1 atom stereocenters. The number of carbonyl (C=O) groups is 1. The van der Waals surface area contributed by atoms with Crippen LogP contribution >= 0.6 is 0 Å². The number of hydrogen-bond donors (Lipinski definition) is 1. The number of likely N-dealkylation sites (N-methyl/N-ethyl adjacent to an activating group) is 1. The van der Waals surface area contributed by atoms with Crippen molar-refractivity contribution in [2.24, 2.45) is 0 Å². The Morgan fingerprint density at radius 2 is 2.10 bits per heavy atom. The summed E-state index contributed by atoms with van der Waals surface area (Å²) < 4.78 is 13.0. The van der Waals surface area contributed by atoms with E-state index in [0.717, 1.165) is 32.0 Å². The third-order valence-corrected chi connectivity index (χ3v) is 3.95. The fourth-order valence-electron chi connectivity index (χ4n) is 2.52. The van der Waals surface area contributed by atoms with Crippen molar-refractivity contribution in [1.29, 1.82) is 0 Å². The van der Waals surface area contributed by atoms with E-state index < -0.39 is 5.82 Å².